The van der Waals surface area contributed by atoms with Crippen molar-refractivity contribution >= 4 is 34.4 Å². The second kappa shape index (κ2) is 6.70. The molecule has 0 aliphatic heterocycles. The van der Waals surface area contributed by atoms with Crippen LogP contribution in [0, 0.1) is 0 Å². The van der Waals surface area contributed by atoms with Crippen LogP contribution in [0.4, 0.5) is 5.95 Å². The number of carbonyl (C=O) groups is 1. The Balaban J connectivity index is 1.65. The molecule has 0 unspecified atom stereocenters. The van der Waals surface area contributed by atoms with Gasteiger partial charge in [0.15, 0.2) is 0 Å². The molecule has 0 saturated carbocycles. The molecule has 1 aromatic heterocycles. The number of fused-ring (bicyclic) bond motifs is 1. The van der Waals surface area contributed by atoms with Crippen molar-refractivity contribution in [2.75, 3.05) is 11.5 Å². The van der Waals surface area contributed by atoms with Gasteiger partial charge < -0.3 is 11.1 Å². The molecule has 118 valence electrons. The maximum Gasteiger partial charge on any atom is 0.230 e. The normalized spacial score (nSPS) is 12.2. The van der Waals surface area contributed by atoms with Gasteiger partial charge in [0.1, 0.15) is 0 Å². The van der Waals surface area contributed by atoms with Crippen LogP contribution < -0.4 is 11.1 Å². The molecule has 2 aromatic carbocycles. The number of anilines is 1. The number of hydrogen-bond donors (Lipinski definition) is 3. The molecule has 7 heteroatoms. The molecule has 1 amide bonds. The van der Waals surface area contributed by atoms with E-state index in [2.05, 4.69) is 38.7 Å². The van der Waals surface area contributed by atoms with Crippen molar-refractivity contribution in [3.05, 3.63) is 48.0 Å². The Bertz CT molecular complexity index is 827. The number of rotatable bonds is 5. The van der Waals surface area contributed by atoms with E-state index >= 15 is 0 Å². The van der Waals surface area contributed by atoms with Crippen LogP contribution in [0.3, 0.4) is 0 Å². The molecule has 0 bridgehead atoms. The van der Waals surface area contributed by atoms with Gasteiger partial charge in [-0.05, 0) is 23.3 Å². The van der Waals surface area contributed by atoms with Crippen molar-refractivity contribution in [2.24, 2.45) is 0 Å². The van der Waals surface area contributed by atoms with Crippen LogP contribution in [0.25, 0.3) is 10.8 Å². The van der Waals surface area contributed by atoms with Crippen LogP contribution in [-0.2, 0) is 4.79 Å². The first-order valence-corrected chi connectivity index (χ1v) is 8.20. The maximum absolute atomic E-state index is 12.1. The number of hydrogen-bond acceptors (Lipinski definition) is 5. The first-order valence-electron chi connectivity index (χ1n) is 7.21. The Morgan fingerprint density at radius 2 is 2.09 bits per heavy atom. The van der Waals surface area contributed by atoms with Gasteiger partial charge in [-0.2, -0.15) is 4.98 Å². The fourth-order valence-corrected chi connectivity index (χ4v) is 3.06. The molecule has 23 heavy (non-hydrogen) atoms. The highest BCUT2D eigenvalue weighted by molar-refractivity contribution is 7.99. The van der Waals surface area contributed by atoms with Crippen molar-refractivity contribution in [3.8, 4) is 0 Å². The SMILES string of the molecule is C[C@@H](NC(=O)CSc1n[nH]c(N)n1)c1cccc2ccccc12. The third-order valence-electron chi connectivity index (χ3n) is 3.48. The van der Waals surface area contributed by atoms with Gasteiger partial charge in [-0.3, -0.25) is 4.79 Å². The first kappa shape index (κ1) is 15.4. The zero-order valence-corrected chi connectivity index (χ0v) is 13.4. The summed E-state index contributed by atoms with van der Waals surface area (Å²) in [7, 11) is 0. The third kappa shape index (κ3) is 3.62. The molecule has 1 heterocycles. The van der Waals surface area contributed by atoms with Crippen LogP contribution in [0.5, 0.6) is 0 Å². The fraction of sp³-hybridized carbons (Fsp3) is 0.188. The van der Waals surface area contributed by atoms with E-state index in [4.69, 9.17) is 5.73 Å². The number of carbonyl (C=O) groups excluding carboxylic acids is 1. The standard InChI is InChI=1S/C16H17N5OS/c1-10(12-8-4-6-11-5-2-3-7-13(11)12)18-14(22)9-23-16-19-15(17)20-21-16/h2-8,10H,9H2,1H3,(H,18,22)(H3,17,19,20,21)/t10-/m1/s1. The summed E-state index contributed by atoms with van der Waals surface area (Å²) in [5, 5.41) is 12.2. The molecule has 0 aliphatic rings. The minimum atomic E-state index is -0.0774. The van der Waals surface area contributed by atoms with Crippen LogP contribution in [-0.4, -0.2) is 26.8 Å². The largest absolute Gasteiger partial charge is 0.368 e. The van der Waals surface area contributed by atoms with Gasteiger partial charge in [0.2, 0.25) is 17.0 Å². The lowest BCUT2D eigenvalue weighted by atomic mass is 10.00. The Morgan fingerprint density at radius 1 is 1.30 bits per heavy atom. The Labute approximate surface area is 137 Å². The monoisotopic (exact) mass is 327 g/mol. The van der Waals surface area contributed by atoms with Crippen molar-refractivity contribution in [3.63, 3.8) is 0 Å². The fourth-order valence-electron chi connectivity index (χ4n) is 2.44. The van der Waals surface area contributed by atoms with Gasteiger partial charge in [0, 0.05) is 0 Å². The Hall–Kier alpha value is -2.54. The van der Waals surface area contributed by atoms with Gasteiger partial charge in [-0.1, -0.05) is 54.2 Å². The summed E-state index contributed by atoms with van der Waals surface area (Å²) in [6, 6.07) is 14.2. The minimum absolute atomic E-state index is 0.0706. The molecule has 4 N–H and O–H groups in total. The first-order chi connectivity index (χ1) is 11.1. The number of amides is 1. The summed E-state index contributed by atoms with van der Waals surface area (Å²) >= 11 is 1.24. The summed E-state index contributed by atoms with van der Waals surface area (Å²) in [6.45, 7) is 1.98. The van der Waals surface area contributed by atoms with Crippen molar-refractivity contribution in [1.29, 1.82) is 0 Å². The van der Waals surface area contributed by atoms with E-state index in [1.54, 1.807) is 0 Å². The number of H-pyrrole nitrogens is 1. The van der Waals surface area contributed by atoms with E-state index in [1.807, 2.05) is 31.2 Å². The number of nitrogens with two attached hydrogens (primary N) is 1. The predicted octanol–water partition coefficient (Wildman–Crippen LogP) is 2.51. The molecule has 0 saturated heterocycles. The lowest BCUT2D eigenvalue weighted by Crippen LogP contribution is -2.28. The van der Waals surface area contributed by atoms with Gasteiger partial charge in [-0.25, -0.2) is 5.10 Å². The quantitative estimate of drug-likeness (QED) is 0.626. The van der Waals surface area contributed by atoms with Crippen LogP contribution >= 0.6 is 11.8 Å². The Kier molecular flexibility index (Phi) is 4.47. The van der Waals surface area contributed by atoms with E-state index < -0.39 is 0 Å². The molecule has 0 aliphatic carbocycles. The average molecular weight is 327 g/mol. The van der Waals surface area contributed by atoms with Gasteiger partial charge in [0.05, 0.1) is 11.8 Å². The van der Waals surface area contributed by atoms with Crippen LogP contribution in [0.15, 0.2) is 47.6 Å². The molecule has 0 spiro atoms. The highest BCUT2D eigenvalue weighted by Crippen LogP contribution is 2.24. The van der Waals surface area contributed by atoms with Crippen LogP contribution in [0.1, 0.15) is 18.5 Å². The summed E-state index contributed by atoms with van der Waals surface area (Å²) in [5.41, 5.74) is 6.55. The number of benzene rings is 2. The van der Waals surface area contributed by atoms with Crippen LogP contribution in [0.2, 0.25) is 0 Å². The molecular formula is C16H17N5OS. The maximum atomic E-state index is 12.1. The van der Waals surface area contributed by atoms with Gasteiger partial charge in [0.25, 0.3) is 0 Å². The van der Waals surface area contributed by atoms with Crippen molar-refractivity contribution in [2.45, 2.75) is 18.1 Å². The van der Waals surface area contributed by atoms with Gasteiger partial charge in [-0.15, -0.1) is 5.10 Å². The zero-order valence-electron chi connectivity index (χ0n) is 12.6. The van der Waals surface area contributed by atoms with E-state index in [1.165, 1.54) is 11.8 Å². The molecule has 3 rings (SSSR count). The molecule has 0 fully saturated rings. The van der Waals surface area contributed by atoms with E-state index in [-0.39, 0.29) is 23.7 Å². The Morgan fingerprint density at radius 3 is 2.87 bits per heavy atom. The predicted molar refractivity (Wildman–Crippen MR) is 92.0 cm³/mol. The second-order valence-electron chi connectivity index (χ2n) is 5.15. The summed E-state index contributed by atoms with van der Waals surface area (Å²) < 4.78 is 0. The van der Waals surface area contributed by atoms with Gasteiger partial charge >= 0.3 is 0 Å². The zero-order chi connectivity index (χ0) is 16.2. The number of aromatic nitrogens is 3. The summed E-state index contributed by atoms with van der Waals surface area (Å²) in [4.78, 5) is 16.1. The van der Waals surface area contributed by atoms with E-state index in [0.717, 1.165) is 16.3 Å². The lowest BCUT2D eigenvalue weighted by Gasteiger charge is -2.16. The third-order valence-corrected chi connectivity index (χ3v) is 4.33. The lowest BCUT2D eigenvalue weighted by molar-refractivity contribution is -0.119. The summed E-state index contributed by atoms with van der Waals surface area (Å²) in [6.07, 6.45) is 0. The highest BCUT2D eigenvalue weighted by atomic mass is 32.2. The molecule has 3 aromatic rings. The minimum Gasteiger partial charge on any atom is -0.368 e. The smallest absolute Gasteiger partial charge is 0.230 e. The number of nitrogen functional groups attached to an aromatic ring is 1. The number of aromatic amines is 1. The van der Waals surface area contributed by atoms with Crippen molar-refractivity contribution < 1.29 is 4.79 Å². The topological polar surface area (TPSA) is 96.7 Å². The second-order valence-corrected chi connectivity index (χ2v) is 6.09. The highest BCUT2D eigenvalue weighted by Gasteiger charge is 2.13. The molecule has 0 radical (unpaired) electrons. The van der Waals surface area contributed by atoms with E-state index in [0.29, 0.717) is 5.16 Å². The molecule has 1 atom stereocenters. The van der Waals surface area contributed by atoms with E-state index in [9.17, 15) is 4.79 Å². The molecular weight excluding hydrogens is 310 g/mol. The number of nitrogens with zero attached hydrogens (tertiary/aromatic N) is 2. The summed E-state index contributed by atoms with van der Waals surface area (Å²) in [5.74, 6) is 0.419. The number of thioether (sulfide) groups is 1. The number of nitrogens with one attached hydrogen (secondary N) is 2. The molecule has 6 nitrogen and oxygen atoms in total. The average Bonchev–Trinajstić information content (AvgIpc) is 2.98. The van der Waals surface area contributed by atoms with Crippen molar-refractivity contribution in [1.82, 2.24) is 20.5 Å².